The Bertz CT molecular complexity index is 50.1. The van der Waals surface area contributed by atoms with Gasteiger partial charge < -0.3 is 0 Å². The Hall–Kier alpha value is -0.120. The molecule has 0 aromatic rings. The Morgan fingerprint density at radius 3 is 2.55 bits per heavy atom. The highest BCUT2D eigenvalue weighted by Crippen LogP contribution is 2.05. The minimum Gasteiger partial charge on any atom is -0.286 e. The number of hydrogen-bond acceptors (Lipinski definition) is 2. The molecular weight excluding hydrogens is 140 g/mol. The predicted molar refractivity (Wildman–Crippen MR) is 43.8 cm³/mol. The van der Waals surface area contributed by atoms with E-state index in [2.05, 4.69) is 11.0 Å². The van der Waals surface area contributed by atoms with Crippen molar-refractivity contribution in [3.05, 3.63) is 0 Å². The lowest BCUT2D eigenvalue weighted by Crippen LogP contribution is -2.25. The van der Waals surface area contributed by atoms with Crippen molar-refractivity contribution in [3.63, 3.8) is 0 Å². The van der Waals surface area contributed by atoms with E-state index >= 15 is 0 Å². The van der Waals surface area contributed by atoms with Crippen molar-refractivity contribution in [3.8, 4) is 0 Å². The topological polar surface area (TPSA) is 35.4 Å². The molecule has 0 aromatic carbocycles. The molecule has 3 nitrogen and oxygen atoms in total. The van der Waals surface area contributed by atoms with Gasteiger partial charge in [-0.25, -0.2) is 0 Å². The molecule has 0 amide bonds. The summed E-state index contributed by atoms with van der Waals surface area (Å²) in [5.41, 5.74) is 6.61. The summed E-state index contributed by atoms with van der Waals surface area (Å²) in [4.78, 5) is 5.05. The first kappa shape index (κ1) is 8.97. The summed E-state index contributed by atoms with van der Waals surface area (Å²) < 4.78 is 0. The quantitative estimate of drug-likeness (QED) is 0.576. The lowest BCUT2D eigenvalue weighted by Gasteiger charge is -2.02. The lowest BCUT2D eigenvalue weighted by atomic mass is 10.1. The van der Waals surface area contributed by atoms with Gasteiger partial charge in [-0.1, -0.05) is 25.7 Å². The van der Waals surface area contributed by atoms with Crippen LogP contribution in [0.2, 0.25) is 0 Å². The monoisotopic (exact) mass is 157 g/mol. The van der Waals surface area contributed by atoms with E-state index in [1.54, 1.807) is 0 Å². The normalized spacial score (nSPS) is 24.0. The molecule has 0 spiro atoms. The summed E-state index contributed by atoms with van der Waals surface area (Å²) in [5.74, 6) is 0. The van der Waals surface area contributed by atoms with Crippen LogP contribution < -0.4 is 11.0 Å². The van der Waals surface area contributed by atoms with E-state index in [9.17, 15) is 0 Å². The fraction of sp³-hybridized carbons (Fsp3) is 1.00. The van der Waals surface area contributed by atoms with E-state index in [1.165, 1.54) is 32.1 Å². The van der Waals surface area contributed by atoms with Crippen molar-refractivity contribution in [2.75, 3.05) is 13.2 Å². The third kappa shape index (κ3) is 5.18. The van der Waals surface area contributed by atoms with Gasteiger partial charge in [0.25, 0.3) is 0 Å². The molecule has 1 radical (unpaired) electrons. The van der Waals surface area contributed by atoms with Gasteiger partial charge >= 0.3 is 0 Å². The van der Waals surface area contributed by atoms with Crippen LogP contribution in [0.3, 0.4) is 0 Å². The molecule has 0 bridgehead atoms. The third-order valence-electron chi connectivity index (χ3n) is 1.90. The first-order valence-electron chi connectivity index (χ1n) is 4.53. The summed E-state index contributed by atoms with van der Waals surface area (Å²) in [6.45, 7) is 1.68. The van der Waals surface area contributed by atoms with Crippen LogP contribution in [-0.2, 0) is 4.84 Å². The van der Waals surface area contributed by atoms with Crippen LogP contribution in [0.5, 0.6) is 0 Å². The number of rotatable bonds is 0. The second-order valence-corrected chi connectivity index (χ2v) is 2.94. The third-order valence-corrected chi connectivity index (χ3v) is 1.90. The maximum absolute atomic E-state index is 5.05. The van der Waals surface area contributed by atoms with Crippen molar-refractivity contribution in [2.24, 2.45) is 0 Å². The van der Waals surface area contributed by atoms with E-state index < -0.39 is 0 Å². The molecule has 0 aromatic heterocycles. The molecule has 1 heterocycles. The van der Waals surface area contributed by atoms with Gasteiger partial charge in [0.1, 0.15) is 0 Å². The summed E-state index contributed by atoms with van der Waals surface area (Å²) in [6, 6.07) is 0. The minimum absolute atomic E-state index is 0.795. The zero-order valence-electron chi connectivity index (χ0n) is 7.01. The zero-order chi connectivity index (χ0) is 7.78. The van der Waals surface area contributed by atoms with Crippen LogP contribution in [0.1, 0.15) is 38.5 Å². The van der Waals surface area contributed by atoms with Crippen molar-refractivity contribution in [1.82, 2.24) is 11.0 Å². The molecule has 0 saturated carbocycles. The maximum Gasteiger partial charge on any atom is 0.0699 e. The van der Waals surface area contributed by atoms with E-state index in [0.29, 0.717) is 0 Å². The molecule has 1 aliphatic rings. The largest absolute Gasteiger partial charge is 0.286 e. The number of hydrogen-bond donors (Lipinski definition) is 1. The second kappa shape index (κ2) is 6.58. The van der Waals surface area contributed by atoms with Gasteiger partial charge in [0.15, 0.2) is 0 Å². The molecule has 0 aliphatic carbocycles. The first-order valence-corrected chi connectivity index (χ1v) is 4.53. The predicted octanol–water partition coefficient (Wildman–Crippen LogP) is 1.38. The fourth-order valence-corrected chi connectivity index (χ4v) is 1.21. The van der Waals surface area contributed by atoms with Crippen molar-refractivity contribution >= 4 is 0 Å². The Labute approximate surface area is 68.4 Å². The Morgan fingerprint density at radius 2 is 1.64 bits per heavy atom. The maximum atomic E-state index is 5.05. The molecule has 0 unspecified atom stereocenters. The fourth-order valence-electron chi connectivity index (χ4n) is 1.21. The van der Waals surface area contributed by atoms with Crippen LogP contribution in [-0.4, -0.2) is 13.2 Å². The minimum atomic E-state index is 0.795. The smallest absolute Gasteiger partial charge is 0.0699 e. The van der Waals surface area contributed by atoms with Gasteiger partial charge in [-0.05, 0) is 12.8 Å². The highest BCUT2D eigenvalue weighted by atomic mass is 16.7. The first-order chi connectivity index (χ1) is 5.50. The average Bonchev–Trinajstić information content (AvgIpc) is 2.08. The number of nitrogens with one attached hydrogen (secondary N) is 1. The van der Waals surface area contributed by atoms with E-state index in [-0.39, 0.29) is 0 Å². The van der Waals surface area contributed by atoms with Crippen molar-refractivity contribution < 1.29 is 4.84 Å². The molecule has 65 valence electrons. The standard InChI is InChI=1S/C8H17N2O/c1-2-4-6-8-11-10-9-7-5-3-1/h10H,1-8H2. The highest BCUT2D eigenvalue weighted by molar-refractivity contribution is 4.47. The molecule has 3 heteroatoms. The molecule has 1 saturated heterocycles. The second-order valence-electron chi connectivity index (χ2n) is 2.94. The van der Waals surface area contributed by atoms with E-state index in [1.807, 2.05) is 0 Å². The van der Waals surface area contributed by atoms with Gasteiger partial charge in [-0.2, -0.15) is 0 Å². The molecule has 1 fully saturated rings. The van der Waals surface area contributed by atoms with Gasteiger partial charge in [0, 0.05) is 6.54 Å². The summed E-state index contributed by atoms with van der Waals surface area (Å²) >= 11 is 0. The Morgan fingerprint density at radius 1 is 0.909 bits per heavy atom. The van der Waals surface area contributed by atoms with Gasteiger partial charge in [0.05, 0.1) is 6.61 Å². The van der Waals surface area contributed by atoms with Gasteiger partial charge in [-0.3, -0.25) is 4.84 Å². The zero-order valence-corrected chi connectivity index (χ0v) is 7.01. The molecule has 11 heavy (non-hydrogen) atoms. The molecule has 1 rings (SSSR count). The van der Waals surface area contributed by atoms with Crippen LogP contribution >= 0.6 is 0 Å². The van der Waals surface area contributed by atoms with E-state index in [0.717, 1.165) is 19.6 Å². The van der Waals surface area contributed by atoms with Crippen LogP contribution in [0, 0.1) is 0 Å². The van der Waals surface area contributed by atoms with Crippen molar-refractivity contribution in [1.29, 1.82) is 0 Å². The summed E-state index contributed by atoms with van der Waals surface area (Å²) in [6.07, 6.45) is 7.66. The average molecular weight is 157 g/mol. The van der Waals surface area contributed by atoms with Crippen LogP contribution in [0.15, 0.2) is 0 Å². The molecule has 0 atom stereocenters. The molecule has 1 aliphatic heterocycles. The Kier molecular flexibility index (Phi) is 5.37. The SMILES string of the molecule is C1CCCCON[N]CCC1. The molecular formula is C8H17N2O. The Balaban J connectivity index is 2.02. The van der Waals surface area contributed by atoms with E-state index in [4.69, 9.17) is 4.84 Å². The van der Waals surface area contributed by atoms with Gasteiger partial charge in [-0.15, -0.1) is 11.0 Å². The highest BCUT2D eigenvalue weighted by Gasteiger charge is 1.95. The number of nitrogens with zero attached hydrogens (tertiary/aromatic N) is 1. The molecule has 1 N–H and O–H groups in total. The van der Waals surface area contributed by atoms with Crippen LogP contribution in [0.4, 0.5) is 0 Å². The van der Waals surface area contributed by atoms with Crippen LogP contribution in [0.25, 0.3) is 0 Å². The summed E-state index contributed by atoms with van der Waals surface area (Å²) in [7, 11) is 0. The van der Waals surface area contributed by atoms with Gasteiger partial charge in [0.2, 0.25) is 0 Å². The van der Waals surface area contributed by atoms with Crippen molar-refractivity contribution in [2.45, 2.75) is 38.5 Å². The lowest BCUT2D eigenvalue weighted by molar-refractivity contribution is 0.00656. The summed E-state index contributed by atoms with van der Waals surface area (Å²) in [5, 5.41) is 0.